The van der Waals surface area contributed by atoms with Gasteiger partial charge in [0.1, 0.15) is 12.7 Å². The molecule has 2 N–H and O–H groups in total. The number of aromatic nitrogens is 4. The number of imidazole rings is 2. The van der Waals surface area contributed by atoms with Crippen molar-refractivity contribution in [2.45, 2.75) is 0 Å². The van der Waals surface area contributed by atoms with Crippen molar-refractivity contribution in [1.82, 2.24) is 19.3 Å². The molecule has 7 heteroatoms. The van der Waals surface area contributed by atoms with Gasteiger partial charge in [-0.1, -0.05) is 0 Å². The number of hydrogen-bond acceptors (Lipinski definition) is 3. The fraction of sp³-hybridized carbons (Fsp3) is 0. The van der Waals surface area contributed by atoms with Gasteiger partial charge in [0, 0.05) is 24.8 Å². The lowest BCUT2D eigenvalue weighted by Gasteiger charge is -2.20. The molecule has 2 amide bonds. The van der Waals surface area contributed by atoms with Gasteiger partial charge >= 0.3 is 6.03 Å². The van der Waals surface area contributed by atoms with Crippen molar-refractivity contribution in [1.29, 1.82) is 0 Å². The third-order valence-corrected chi connectivity index (χ3v) is 1.62. The highest BCUT2D eigenvalue weighted by Gasteiger charge is 2.12. The van der Waals surface area contributed by atoms with E-state index in [-0.39, 0.29) is 0 Å². The summed E-state index contributed by atoms with van der Waals surface area (Å²) in [6, 6.07) is -0.624. The maximum Gasteiger partial charge on any atom is 0.354 e. The highest BCUT2D eigenvalue weighted by Crippen LogP contribution is 1.94. The summed E-state index contributed by atoms with van der Waals surface area (Å²) in [5.74, 6) is 0. The molecule has 0 aromatic carbocycles. The first-order valence-corrected chi connectivity index (χ1v) is 3.85. The molecule has 2 aromatic heterocycles. The molecule has 2 aromatic rings. The molecular weight excluding hydrogens is 184 g/mol. The summed E-state index contributed by atoms with van der Waals surface area (Å²) in [5, 5.41) is 1.18. The molecule has 0 spiro atoms. The Kier molecular flexibility index (Phi) is 1.90. The molecule has 0 aliphatic heterocycles. The Morgan fingerprint density at radius 3 is 1.93 bits per heavy atom. The van der Waals surface area contributed by atoms with Gasteiger partial charge < -0.3 is 5.73 Å². The molecule has 14 heavy (non-hydrogen) atoms. The fourth-order valence-electron chi connectivity index (χ4n) is 1.08. The number of hydrogen-bond donors (Lipinski definition) is 1. The van der Waals surface area contributed by atoms with Crippen LogP contribution in [0.25, 0.3) is 0 Å². The average Bonchev–Trinajstić information content (AvgIpc) is 2.75. The number of primary amides is 1. The highest BCUT2D eigenvalue weighted by atomic mass is 16.2. The predicted octanol–water partition coefficient (Wildman–Crippen LogP) is -0.440. The van der Waals surface area contributed by atoms with E-state index in [1.54, 1.807) is 24.8 Å². The van der Waals surface area contributed by atoms with E-state index in [1.807, 2.05) is 0 Å². The molecule has 0 saturated carbocycles. The van der Waals surface area contributed by atoms with Gasteiger partial charge in [0.25, 0.3) is 0 Å². The van der Waals surface area contributed by atoms with Crippen LogP contribution in [0.15, 0.2) is 37.4 Å². The Morgan fingerprint density at radius 1 is 1.14 bits per heavy atom. The van der Waals surface area contributed by atoms with Crippen molar-refractivity contribution in [3.8, 4) is 0 Å². The van der Waals surface area contributed by atoms with E-state index in [9.17, 15) is 4.79 Å². The lowest BCUT2D eigenvalue weighted by molar-refractivity contribution is 0.245. The number of amides is 2. The minimum atomic E-state index is -0.624. The smallest absolute Gasteiger partial charge is 0.349 e. The zero-order valence-corrected chi connectivity index (χ0v) is 7.19. The summed E-state index contributed by atoms with van der Waals surface area (Å²) in [7, 11) is 0. The Hall–Kier alpha value is -2.31. The maximum atomic E-state index is 11.1. The van der Waals surface area contributed by atoms with Crippen LogP contribution in [0.2, 0.25) is 0 Å². The van der Waals surface area contributed by atoms with Gasteiger partial charge in [0.2, 0.25) is 0 Å². The van der Waals surface area contributed by atoms with Crippen LogP contribution < -0.4 is 10.9 Å². The van der Waals surface area contributed by atoms with Crippen LogP contribution >= 0.6 is 0 Å². The van der Waals surface area contributed by atoms with Crippen LogP contribution in [0.4, 0.5) is 4.79 Å². The maximum absolute atomic E-state index is 11.1. The Bertz CT molecular complexity index is 371. The van der Waals surface area contributed by atoms with E-state index in [0.717, 1.165) is 0 Å². The molecule has 0 unspecified atom stereocenters. The van der Waals surface area contributed by atoms with E-state index >= 15 is 0 Å². The minimum Gasteiger partial charge on any atom is -0.349 e. The van der Waals surface area contributed by atoms with Gasteiger partial charge in [-0.05, 0) is 0 Å². The van der Waals surface area contributed by atoms with Gasteiger partial charge in [0.15, 0.2) is 0 Å². The van der Waals surface area contributed by atoms with Gasteiger partial charge in [-0.2, -0.15) is 0 Å². The number of nitrogens with zero attached hydrogens (tertiary/aromatic N) is 5. The van der Waals surface area contributed by atoms with Crippen molar-refractivity contribution in [2.24, 2.45) is 5.73 Å². The van der Waals surface area contributed by atoms with Crippen LogP contribution in [0.1, 0.15) is 0 Å². The third-order valence-electron chi connectivity index (χ3n) is 1.62. The minimum absolute atomic E-state index is 0.624. The van der Waals surface area contributed by atoms with Gasteiger partial charge in [0.05, 0.1) is 0 Å². The van der Waals surface area contributed by atoms with Crippen molar-refractivity contribution in [2.75, 3.05) is 5.12 Å². The van der Waals surface area contributed by atoms with Gasteiger partial charge in [-0.25, -0.2) is 24.1 Å². The van der Waals surface area contributed by atoms with Crippen LogP contribution in [0.5, 0.6) is 0 Å². The zero-order chi connectivity index (χ0) is 9.97. The first-order valence-electron chi connectivity index (χ1n) is 3.85. The number of nitrogens with two attached hydrogens (primary N) is 1. The van der Waals surface area contributed by atoms with Crippen molar-refractivity contribution in [3.05, 3.63) is 37.4 Å². The molecule has 0 aliphatic carbocycles. The zero-order valence-electron chi connectivity index (χ0n) is 7.19. The second-order valence-corrected chi connectivity index (χ2v) is 2.51. The summed E-state index contributed by atoms with van der Waals surface area (Å²) in [6.07, 6.45) is 9.23. The second kappa shape index (κ2) is 3.21. The molecular formula is C7H8N6O. The molecule has 0 aliphatic rings. The lowest BCUT2D eigenvalue weighted by Crippen LogP contribution is -2.46. The van der Waals surface area contributed by atoms with Gasteiger partial charge in [-0.15, -0.1) is 5.12 Å². The molecule has 7 nitrogen and oxygen atoms in total. The van der Waals surface area contributed by atoms with Crippen molar-refractivity contribution in [3.63, 3.8) is 0 Å². The Morgan fingerprint density at radius 2 is 1.64 bits per heavy atom. The van der Waals surface area contributed by atoms with E-state index in [4.69, 9.17) is 5.73 Å². The van der Waals surface area contributed by atoms with Crippen LogP contribution in [0, 0.1) is 0 Å². The monoisotopic (exact) mass is 192 g/mol. The van der Waals surface area contributed by atoms with Crippen molar-refractivity contribution < 1.29 is 4.79 Å². The molecule has 2 rings (SSSR count). The summed E-state index contributed by atoms with van der Waals surface area (Å²) in [5.41, 5.74) is 5.21. The van der Waals surface area contributed by atoms with E-state index in [2.05, 4.69) is 9.97 Å². The quantitative estimate of drug-likeness (QED) is 0.700. The van der Waals surface area contributed by atoms with Crippen LogP contribution in [-0.2, 0) is 0 Å². The van der Waals surface area contributed by atoms with Crippen LogP contribution in [0.3, 0.4) is 0 Å². The standard InChI is InChI=1S/C7H8N6O/c8-7(14)13(11-3-1-9-5-11)12-4-2-10-6-12/h1-6H,(H2,8,14). The molecule has 0 bridgehead atoms. The number of carbonyl (C=O) groups excluding carboxylic acids is 1. The molecule has 0 saturated heterocycles. The predicted molar refractivity (Wildman–Crippen MR) is 47.7 cm³/mol. The van der Waals surface area contributed by atoms with Crippen LogP contribution in [-0.4, -0.2) is 25.4 Å². The van der Waals surface area contributed by atoms with E-state index in [1.165, 1.54) is 27.1 Å². The number of urea groups is 1. The molecule has 0 fully saturated rings. The molecule has 0 atom stereocenters. The lowest BCUT2D eigenvalue weighted by atomic mass is 10.9. The fourth-order valence-corrected chi connectivity index (χ4v) is 1.08. The first kappa shape index (κ1) is 8.30. The van der Waals surface area contributed by atoms with E-state index < -0.39 is 6.03 Å². The largest absolute Gasteiger partial charge is 0.354 e. The summed E-state index contributed by atoms with van der Waals surface area (Å²) < 4.78 is 2.90. The average molecular weight is 192 g/mol. The van der Waals surface area contributed by atoms with Gasteiger partial charge in [-0.3, -0.25) is 0 Å². The Balaban J connectivity index is 2.40. The Labute approximate surface area is 79.3 Å². The van der Waals surface area contributed by atoms with E-state index in [0.29, 0.717) is 0 Å². The number of rotatable bonds is 2. The number of carbonyl (C=O) groups is 1. The summed E-state index contributed by atoms with van der Waals surface area (Å²) in [4.78, 5) is 18.8. The summed E-state index contributed by atoms with van der Waals surface area (Å²) >= 11 is 0. The topological polar surface area (TPSA) is 82.0 Å². The summed E-state index contributed by atoms with van der Waals surface area (Å²) in [6.45, 7) is 0. The second-order valence-electron chi connectivity index (χ2n) is 2.51. The SMILES string of the molecule is NC(=O)N(n1ccnc1)n1ccnc1. The molecule has 72 valence electrons. The van der Waals surface area contributed by atoms with Crippen molar-refractivity contribution >= 4 is 6.03 Å². The molecule has 0 radical (unpaired) electrons. The third kappa shape index (κ3) is 1.30. The first-order chi connectivity index (χ1) is 6.79. The molecule has 2 heterocycles. The highest BCUT2D eigenvalue weighted by molar-refractivity contribution is 5.81. The normalized spacial score (nSPS) is 10.0.